The molecular formula is C12H23NO3. The lowest BCUT2D eigenvalue weighted by molar-refractivity contribution is -0.143. The SMILES string of the molecule is CCCCC(=O)N(CCC)CC(C)C(=O)O. The fourth-order valence-electron chi connectivity index (χ4n) is 1.48. The van der Waals surface area contributed by atoms with Crippen LogP contribution in [-0.4, -0.2) is 35.0 Å². The number of nitrogens with zero attached hydrogens (tertiary/aromatic N) is 1. The first-order valence-electron chi connectivity index (χ1n) is 6.03. The van der Waals surface area contributed by atoms with Crippen molar-refractivity contribution in [3.05, 3.63) is 0 Å². The number of hydrogen-bond donors (Lipinski definition) is 1. The van der Waals surface area contributed by atoms with Crippen molar-refractivity contribution in [2.75, 3.05) is 13.1 Å². The van der Waals surface area contributed by atoms with Gasteiger partial charge in [0.25, 0.3) is 0 Å². The topological polar surface area (TPSA) is 57.6 Å². The molecule has 4 heteroatoms. The van der Waals surface area contributed by atoms with Crippen LogP contribution >= 0.6 is 0 Å². The Balaban J connectivity index is 4.24. The Bertz CT molecular complexity index is 228. The number of unbranched alkanes of at least 4 members (excludes halogenated alkanes) is 1. The Labute approximate surface area is 97.6 Å². The minimum Gasteiger partial charge on any atom is -0.481 e. The van der Waals surface area contributed by atoms with Gasteiger partial charge in [0.15, 0.2) is 0 Å². The Hall–Kier alpha value is -1.06. The highest BCUT2D eigenvalue weighted by Crippen LogP contribution is 2.06. The van der Waals surface area contributed by atoms with Crippen LogP contribution in [0.1, 0.15) is 46.5 Å². The van der Waals surface area contributed by atoms with Crippen molar-refractivity contribution >= 4 is 11.9 Å². The molecule has 0 bridgehead atoms. The molecule has 0 aromatic rings. The standard InChI is InChI=1S/C12H23NO3/c1-4-6-7-11(14)13(8-5-2)9-10(3)12(15)16/h10H,4-9H2,1-3H3,(H,15,16). The second-order valence-corrected chi connectivity index (χ2v) is 4.18. The van der Waals surface area contributed by atoms with Crippen LogP contribution in [0.4, 0.5) is 0 Å². The number of hydrogen-bond acceptors (Lipinski definition) is 2. The second kappa shape index (κ2) is 8.13. The summed E-state index contributed by atoms with van der Waals surface area (Å²) in [4.78, 5) is 24.2. The number of amides is 1. The lowest BCUT2D eigenvalue weighted by atomic mass is 10.1. The summed E-state index contributed by atoms with van der Waals surface area (Å²) in [5.74, 6) is -1.25. The lowest BCUT2D eigenvalue weighted by Crippen LogP contribution is -2.37. The highest BCUT2D eigenvalue weighted by molar-refractivity contribution is 5.77. The maximum absolute atomic E-state index is 11.8. The molecule has 1 atom stereocenters. The van der Waals surface area contributed by atoms with E-state index in [1.54, 1.807) is 11.8 Å². The zero-order valence-electron chi connectivity index (χ0n) is 10.5. The van der Waals surface area contributed by atoms with Crippen molar-refractivity contribution in [1.82, 2.24) is 4.90 Å². The first-order chi connectivity index (χ1) is 7.52. The molecule has 0 aliphatic heterocycles. The average molecular weight is 229 g/mol. The van der Waals surface area contributed by atoms with Gasteiger partial charge in [0.05, 0.1) is 5.92 Å². The zero-order chi connectivity index (χ0) is 12.6. The largest absolute Gasteiger partial charge is 0.481 e. The Morgan fingerprint density at radius 1 is 1.25 bits per heavy atom. The van der Waals surface area contributed by atoms with Crippen molar-refractivity contribution in [3.8, 4) is 0 Å². The van der Waals surface area contributed by atoms with E-state index < -0.39 is 11.9 Å². The van der Waals surface area contributed by atoms with Crippen LogP contribution in [0.5, 0.6) is 0 Å². The summed E-state index contributed by atoms with van der Waals surface area (Å²) in [6.07, 6.45) is 3.26. The van der Waals surface area contributed by atoms with Gasteiger partial charge in [-0.05, 0) is 12.8 Å². The number of carbonyl (C=O) groups excluding carboxylic acids is 1. The zero-order valence-corrected chi connectivity index (χ0v) is 10.5. The van der Waals surface area contributed by atoms with Gasteiger partial charge in [0.2, 0.25) is 5.91 Å². The number of carboxylic acid groups (broad SMARTS) is 1. The van der Waals surface area contributed by atoms with E-state index in [9.17, 15) is 9.59 Å². The van der Waals surface area contributed by atoms with E-state index >= 15 is 0 Å². The third-order valence-electron chi connectivity index (χ3n) is 2.51. The van der Waals surface area contributed by atoms with Crippen molar-refractivity contribution in [2.45, 2.75) is 46.5 Å². The molecule has 0 aliphatic carbocycles. The number of carboxylic acids is 1. The predicted octanol–water partition coefficient (Wildman–Crippen LogP) is 2.14. The van der Waals surface area contributed by atoms with E-state index in [1.807, 2.05) is 13.8 Å². The van der Waals surface area contributed by atoms with E-state index in [0.29, 0.717) is 19.5 Å². The van der Waals surface area contributed by atoms with Crippen LogP contribution in [0.3, 0.4) is 0 Å². The molecule has 0 saturated carbocycles. The summed E-state index contributed by atoms with van der Waals surface area (Å²) in [6.45, 7) is 6.65. The van der Waals surface area contributed by atoms with Gasteiger partial charge in [0.1, 0.15) is 0 Å². The fourth-order valence-corrected chi connectivity index (χ4v) is 1.48. The Kier molecular flexibility index (Phi) is 7.60. The molecule has 1 amide bonds. The maximum Gasteiger partial charge on any atom is 0.308 e. The van der Waals surface area contributed by atoms with E-state index in [1.165, 1.54) is 0 Å². The minimum absolute atomic E-state index is 0.0804. The summed E-state index contributed by atoms with van der Waals surface area (Å²) in [5.41, 5.74) is 0. The summed E-state index contributed by atoms with van der Waals surface area (Å²) in [6, 6.07) is 0. The average Bonchev–Trinajstić information content (AvgIpc) is 2.24. The Morgan fingerprint density at radius 3 is 2.31 bits per heavy atom. The smallest absolute Gasteiger partial charge is 0.308 e. The van der Waals surface area contributed by atoms with Gasteiger partial charge in [-0.25, -0.2) is 0 Å². The van der Waals surface area contributed by atoms with Crippen LogP contribution in [0.25, 0.3) is 0 Å². The molecule has 0 fully saturated rings. The molecule has 16 heavy (non-hydrogen) atoms. The quantitative estimate of drug-likeness (QED) is 0.693. The number of carbonyl (C=O) groups is 2. The van der Waals surface area contributed by atoms with E-state index in [0.717, 1.165) is 19.3 Å². The lowest BCUT2D eigenvalue weighted by Gasteiger charge is -2.24. The molecule has 4 nitrogen and oxygen atoms in total. The van der Waals surface area contributed by atoms with Gasteiger partial charge >= 0.3 is 5.97 Å². The van der Waals surface area contributed by atoms with E-state index in [-0.39, 0.29) is 5.91 Å². The molecule has 0 aromatic carbocycles. The van der Waals surface area contributed by atoms with Gasteiger partial charge in [-0.3, -0.25) is 9.59 Å². The molecule has 0 heterocycles. The molecule has 0 rings (SSSR count). The third-order valence-corrected chi connectivity index (χ3v) is 2.51. The van der Waals surface area contributed by atoms with Crippen molar-refractivity contribution in [1.29, 1.82) is 0 Å². The second-order valence-electron chi connectivity index (χ2n) is 4.18. The van der Waals surface area contributed by atoms with Gasteiger partial charge in [-0.15, -0.1) is 0 Å². The Morgan fingerprint density at radius 2 is 1.88 bits per heavy atom. The fraction of sp³-hybridized carbons (Fsp3) is 0.833. The maximum atomic E-state index is 11.8. The molecule has 0 saturated heterocycles. The summed E-state index contributed by atoms with van der Waals surface area (Å²) in [7, 11) is 0. The van der Waals surface area contributed by atoms with Crippen molar-refractivity contribution in [3.63, 3.8) is 0 Å². The predicted molar refractivity (Wildman–Crippen MR) is 63.2 cm³/mol. The molecular weight excluding hydrogens is 206 g/mol. The summed E-state index contributed by atoms with van der Waals surface area (Å²) < 4.78 is 0. The van der Waals surface area contributed by atoms with Crippen LogP contribution in [0.2, 0.25) is 0 Å². The number of aliphatic carboxylic acids is 1. The van der Waals surface area contributed by atoms with Gasteiger partial charge in [0, 0.05) is 19.5 Å². The van der Waals surface area contributed by atoms with Gasteiger partial charge in [-0.1, -0.05) is 27.2 Å². The van der Waals surface area contributed by atoms with Crippen molar-refractivity contribution < 1.29 is 14.7 Å². The molecule has 1 N–H and O–H groups in total. The van der Waals surface area contributed by atoms with Crippen molar-refractivity contribution in [2.24, 2.45) is 5.92 Å². The molecule has 0 radical (unpaired) electrons. The normalized spacial score (nSPS) is 12.2. The monoisotopic (exact) mass is 229 g/mol. The summed E-state index contributed by atoms with van der Waals surface area (Å²) >= 11 is 0. The van der Waals surface area contributed by atoms with Gasteiger partial charge in [-0.2, -0.15) is 0 Å². The van der Waals surface area contributed by atoms with E-state index in [2.05, 4.69) is 0 Å². The molecule has 0 aliphatic rings. The highest BCUT2D eigenvalue weighted by Gasteiger charge is 2.19. The third kappa shape index (κ3) is 5.73. The first-order valence-corrected chi connectivity index (χ1v) is 6.03. The molecule has 94 valence electrons. The first kappa shape index (κ1) is 14.9. The van der Waals surface area contributed by atoms with Crippen LogP contribution in [-0.2, 0) is 9.59 Å². The molecule has 0 aromatic heterocycles. The van der Waals surface area contributed by atoms with E-state index in [4.69, 9.17) is 5.11 Å². The highest BCUT2D eigenvalue weighted by atomic mass is 16.4. The van der Waals surface area contributed by atoms with Gasteiger partial charge < -0.3 is 10.0 Å². The van der Waals surface area contributed by atoms with Crippen LogP contribution < -0.4 is 0 Å². The minimum atomic E-state index is -0.843. The van der Waals surface area contributed by atoms with Crippen LogP contribution in [0.15, 0.2) is 0 Å². The van der Waals surface area contributed by atoms with Crippen LogP contribution in [0, 0.1) is 5.92 Å². The summed E-state index contributed by atoms with van der Waals surface area (Å²) in [5, 5.41) is 8.82. The molecule has 0 spiro atoms. The molecule has 1 unspecified atom stereocenters. The number of rotatable bonds is 8.